The second kappa shape index (κ2) is 6.57. The van der Waals surface area contributed by atoms with Crippen LogP contribution in [0.3, 0.4) is 0 Å². The van der Waals surface area contributed by atoms with E-state index in [0.717, 1.165) is 5.69 Å². The predicted octanol–water partition coefficient (Wildman–Crippen LogP) is 0.346. The Morgan fingerprint density at radius 2 is 2.05 bits per heavy atom. The maximum Gasteiger partial charge on any atom is 0.323 e. The molecule has 0 fully saturated rings. The van der Waals surface area contributed by atoms with Crippen molar-refractivity contribution in [2.45, 2.75) is 26.5 Å². The second-order valence-corrected chi connectivity index (χ2v) is 4.13. The lowest BCUT2D eigenvalue weighted by atomic mass is 10.4. The summed E-state index contributed by atoms with van der Waals surface area (Å²) in [6.07, 6.45) is 3.10. The third-order valence-electron chi connectivity index (χ3n) is 2.16. The van der Waals surface area contributed by atoms with E-state index < -0.39 is 0 Å². The number of ether oxygens (including phenoxy) is 1. The highest BCUT2D eigenvalue weighted by Gasteiger charge is 2.08. The normalized spacial score (nSPS) is 10.4. The standard InChI is InChI=1S/C11H16N8O/c1-7(2)20-11-17-9(16-10(18-11)19-12)14-5-8-3-4-13-6-15-8/h3-4,6-7H,5,12H2,1-2H3,(H2,14,16,17,18,19). The lowest BCUT2D eigenvalue weighted by Crippen LogP contribution is -2.16. The lowest BCUT2D eigenvalue weighted by molar-refractivity contribution is 0.222. The Morgan fingerprint density at radius 3 is 2.70 bits per heavy atom. The van der Waals surface area contributed by atoms with Gasteiger partial charge in [-0.25, -0.2) is 15.8 Å². The van der Waals surface area contributed by atoms with E-state index in [2.05, 4.69) is 35.7 Å². The van der Waals surface area contributed by atoms with Crippen LogP contribution in [0.25, 0.3) is 0 Å². The van der Waals surface area contributed by atoms with Crippen LogP contribution in [-0.4, -0.2) is 31.0 Å². The summed E-state index contributed by atoms with van der Waals surface area (Å²) < 4.78 is 5.43. The highest BCUT2D eigenvalue weighted by atomic mass is 16.5. The molecule has 4 N–H and O–H groups in total. The molecule has 0 aromatic carbocycles. The van der Waals surface area contributed by atoms with Crippen LogP contribution < -0.4 is 21.3 Å². The van der Waals surface area contributed by atoms with Gasteiger partial charge in [-0.1, -0.05) is 0 Å². The van der Waals surface area contributed by atoms with Crippen LogP contribution in [0.2, 0.25) is 0 Å². The van der Waals surface area contributed by atoms with Crippen LogP contribution in [0.5, 0.6) is 6.01 Å². The Bertz CT molecular complexity index is 547. The van der Waals surface area contributed by atoms with Gasteiger partial charge in [0.15, 0.2) is 0 Å². The first-order chi connectivity index (χ1) is 9.67. The minimum Gasteiger partial charge on any atom is -0.461 e. The van der Waals surface area contributed by atoms with E-state index in [0.29, 0.717) is 12.5 Å². The molecule has 2 rings (SSSR count). The molecule has 0 bridgehead atoms. The molecule has 0 unspecified atom stereocenters. The summed E-state index contributed by atoms with van der Waals surface area (Å²) >= 11 is 0. The van der Waals surface area contributed by atoms with Gasteiger partial charge < -0.3 is 10.1 Å². The average molecular weight is 276 g/mol. The van der Waals surface area contributed by atoms with Crippen LogP contribution in [0.1, 0.15) is 19.5 Å². The number of anilines is 2. The fourth-order valence-corrected chi connectivity index (χ4v) is 1.36. The summed E-state index contributed by atoms with van der Waals surface area (Å²) in [5, 5.41) is 3.02. The van der Waals surface area contributed by atoms with Crippen molar-refractivity contribution < 1.29 is 4.74 Å². The summed E-state index contributed by atoms with van der Waals surface area (Å²) in [5.74, 6) is 5.89. The van der Waals surface area contributed by atoms with Crippen molar-refractivity contribution in [1.29, 1.82) is 0 Å². The number of aromatic nitrogens is 5. The zero-order valence-electron chi connectivity index (χ0n) is 11.2. The van der Waals surface area contributed by atoms with Gasteiger partial charge in [-0.3, -0.25) is 5.43 Å². The largest absolute Gasteiger partial charge is 0.461 e. The van der Waals surface area contributed by atoms with Gasteiger partial charge in [-0.15, -0.1) is 0 Å². The molecule has 2 heterocycles. The Hall–Kier alpha value is -2.55. The van der Waals surface area contributed by atoms with Gasteiger partial charge in [0.1, 0.15) is 6.33 Å². The van der Waals surface area contributed by atoms with Crippen molar-refractivity contribution in [2.24, 2.45) is 5.84 Å². The molecule has 0 amide bonds. The molecule has 106 valence electrons. The molecule has 2 aromatic rings. The van der Waals surface area contributed by atoms with Crippen LogP contribution >= 0.6 is 0 Å². The SMILES string of the molecule is CC(C)Oc1nc(NN)nc(NCc2ccncn2)n1. The quantitative estimate of drug-likeness (QED) is 0.506. The van der Waals surface area contributed by atoms with Crippen molar-refractivity contribution in [3.63, 3.8) is 0 Å². The van der Waals surface area contributed by atoms with Gasteiger partial charge in [0.2, 0.25) is 11.9 Å². The van der Waals surface area contributed by atoms with E-state index in [1.165, 1.54) is 6.33 Å². The van der Waals surface area contributed by atoms with Crippen molar-refractivity contribution in [3.05, 3.63) is 24.3 Å². The molecule has 0 radical (unpaired) electrons. The van der Waals surface area contributed by atoms with Gasteiger partial charge in [-0.2, -0.15) is 15.0 Å². The van der Waals surface area contributed by atoms with E-state index >= 15 is 0 Å². The van der Waals surface area contributed by atoms with Crippen molar-refractivity contribution >= 4 is 11.9 Å². The number of hydrazine groups is 1. The minimum atomic E-state index is -0.0438. The molecule has 0 aliphatic carbocycles. The molecular weight excluding hydrogens is 260 g/mol. The molecule has 20 heavy (non-hydrogen) atoms. The van der Waals surface area contributed by atoms with E-state index in [4.69, 9.17) is 10.6 Å². The fraction of sp³-hybridized carbons (Fsp3) is 0.364. The number of hydrogen-bond donors (Lipinski definition) is 3. The molecule has 0 saturated heterocycles. The van der Waals surface area contributed by atoms with Gasteiger partial charge in [0, 0.05) is 6.20 Å². The van der Waals surface area contributed by atoms with Crippen LogP contribution in [0.15, 0.2) is 18.6 Å². The zero-order valence-corrected chi connectivity index (χ0v) is 11.2. The molecular formula is C11H16N8O. The summed E-state index contributed by atoms with van der Waals surface area (Å²) in [6, 6.07) is 2.00. The van der Waals surface area contributed by atoms with Gasteiger partial charge >= 0.3 is 6.01 Å². The average Bonchev–Trinajstić information content (AvgIpc) is 2.45. The second-order valence-electron chi connectivity index (χ2n) is 4.13. The van der Waals surface area contributed by atoms with Crippen molar-refractivity contribution in [2.75, 3.05) is 10.7 Å². The summed E-state index contributed by atoms with van der Waals surface area (Å²) in [6.45, 7) is 4.22. The molecule has 0 aliphatic rings. The number of nitrogens with zero attached hydrogens (tertiary/aromatic N) is 5. The van der Waals surface area contributed by atoms with Crippen molar-refractivity contribution in [3.8, 4) is 6.01 Å². The third-order valence-corrected chi connectivity index (χ3v) is 2.16. The van der Waals surface area contributed by atoms with Crippen LogP contribution in [0, 0.1) is 0 Å². The van der Waals surface area contributed by atoms with Gasteiger partial charge in [0.05, 0.1) is 18.3 Å². The zero-order chi connectivity index (χ0) is 14.4. The monoisotopic (exact) mass is 276 g/mol. The number of nitrogens with one attached hydrogen (secondary N) is 2. The molecule has 0 aliphatic heterocycles. The minimum absolute atomic E-state index is 0.0438. The van der Waals surface area contributed by atoms with E-state index in [1.54, 1.807) is 12.3 Å². The molecule has 9 heteroatoms. The highest BCUT2D eigenvalue weighted by molar-refractivity contribution is 5.35. The highest BCUT2D eigenvalue weighted by Crippen LogP contribution is 2.12. The molecule has 2 aromatic heterocycles. The molecule has 0 saturated carbocycles. The number of nitrogens with two attached hydrogens (primary N) is 1. The van der Waals surface area contributed by atoms with Gasteiger partial charge in [-0.05, 0) is 19.9 Å². The topological polar surface area (TPSA) is 124 Å². The third kappa shape index (κ3) is 3.99. The summed E-state index contributed by atoms with van der Waals surface area (Å²) in [5.41, 5.74) is 3.19. The Balaban J connectivity index is 2.10. The maximum absolute atomic E-state index is 5.43. The Morgan fingerprint density at radius 1 is 1.25 bits per heavy atom. The molecule has 9 nitrogen and oxygen atoms in total. The smallest absolute Gasteiger partial charge is 0.323 e. The maximum atomic E-state index is 5.43. The predicted molar refractivity (Wildman–Crippen MR) is 72.8 cm³/mol. The van der Waals surface area contributed by atoms with Crippen molar-refractivity contribution in [1.82, 2.24) is 24.9 Å². The van der Waals surface area contributed by atoms with E-state index in [9.17, 15) is 0 Å². The lowest BCUT2D eigenvalue weighted by Gasteiger charge is -2.10. The Labute approximate surface area is 116 Å². The first kappa shape index (κ1) is 13.9. The van der Waals surface area contributed by atoms with E-state index in [1.807, 2.05) is 13.8 Å². The van der Waals surface area contributed by atoms with Crippen LogP contribution in [-0.2, 0) is 6.54 Å². The van der Waals surface area contributed by atoms with Gasteiger partial charge in [0.25, 0.3) is 0 Å². The summed E-state index contributed by atoms with van der Waals surface area (Å²) in [4.78, 5) is 20.2. The summed E-state index contributed by atoms with van der Waals surface area (Å²) in [7, 11) is 0. The first-order valence-corrected chi connectivity index (χ1v) is 6.05. The van der Waals surface area contributed by atoms with E-state index in [-0.39, 0.29) is 18.1 Å². The number of rotatable bonds is 6. The fourth-order valence-electron chi connectivity index (χ4n) is 1.36. The van der Waals surface area contributed by atoms with Crippen LogP contribution in [0.4, 0.5) is 11.9 Å². The first-order valence-electron chi connectivity index (χ1n) is 6.05. The Kier molecular flexibility index (Phi) is 4.56. The number of hydrogen-bond acceptors (Lipinski definition) is 9. The molecule has 0 atom stereocenters. The number of nitrogen functional groups attached to an aromatic ring is 1. The molecule has 0 spiro atoms.